The minimum atomic E-state index is -1.02. The zero-order valence-corrected chi connectivity index (χ0v) is 16.7. The first-order valence-corrected chi connectivity index (χ1v) is 9.03. The number of ketones is 2. The maximum atomic E-state index is 12.6. The van der Waals surface area contributed by atoms with Gasteiger partial charge in [-0.1, -0.05) is 0 Å². The van der Waals surface area contributed by atoms with Crippen LogP contribution < -0.4 is 0 Å². The fourth-order valence-corrected chi connectivity index (χ4v) is 3.31. The Balaban J connectivity index is 1.89. The van der Waals surface area contributed by atoms with Crippen LogP contribution in [-0.4, -0.2) is 70.5 Å². The fraction of sp³-hybridized carbons (Fsp3) is 0.526. The van der Waals surface area contributed by atoms with Crippen molar-refractivity contribution in [3.63, 3.8) is 0 Å². The number of rotatable bonds is 8. The Morgan fingerprint density at radius 1 is 1.21 bits per heavy atom. The predicted molar refractivity (Wildman–Crippen MR) is 99.1 cm³/mol. The van der Waals surface area contributed by atoms with Crippen molar-refractivity contribution in [1.29, 1.82) is 0 Å². The van der Waals surface area contributed by atoms with Crippen LogP contribution in [0.2, 0.25) is 0 Å². The average molecular weight is 391 g/mol. The van der Waals surface area contributed by atoms with E-state index >= 15 is 0 Å². The molecule has 0 unspecified atom stereocenters. The summed E-state index contributed by atoms with van der Waals surface area (Å²) in [6.45, 7) is 6.42. The minimum absolute atomic E-state index is 0.0280. The number of ether oxygens (including phenoxy) is 1. The summed E-state index contributed by atoms with van der Waals surface area (Å²) in [6, 6.07) is -0.388. The summed E-state index contributed by atoms with van der Waals surface area (Å²) in [5.74, 6) is -1.47. The van der Waals surface area contributed by atoms with Crippen molar-refractivity contribution >= 4 is 29.5 Å². The van der Waals surface area contributed by atoms with Crippen LogP contribution in [0, 0.1) is 13.8 Å². The van der Waals surface area contributed by atoms with Gasteiger partial charge in [-0.25, -0.2) is 4.79 Å². The van der Waals surface area contributed by atoms with E-state index in [-0.39, 0.29) is 49.3 Å². The number of hydrogen-bond acceptors (Lipinski definition) is 6. The molecule has 1 fully saturated rings. The number of carbonyl (C=O) groups excluding carboxylic acids is 5. The minimum Gasteiger partial charge on any atom is -0.454 e. The maximum absolute atomic E-state index is 12.6. The highest BCUT2D eigenvalue weighted by molar-refractivity contribution is 6.05. The molecule has 2 heterocycles. The number of aromatic nitrogens is 1. The van der Waals surface area contributed by atoms with Crippen LogP contribution in [0.25, 0.3) is 0 Å². The van der Waals surface area contributed by atoms with Gasteiger partial charge in [0.1, 0.15) is 6.54 Å². The molecule has 3 amide bonds. The van der Waals surface area contributed by atoms with Crippen LogP contribution in [0.4, 0.5) is 4.79 Å². The number of nitrogens with zero attached hydrogens (tertiary/aromatic N) is 2. The Bertz CT molecular complexity index is 841. The van der Waals surface area contributed by atoms with Crippen molar-refractivity contribution in [1.82, 2.24) is 14.8 Å². The van der Waals surface area contributed by atoms with Crippen molar-refractivity contribution < 1.29 is 28.7 Å². The third-order valence-electron chi connectivity index (χ3n) is 4.71. The molecule has 0 spiro atoms. The summed E-state index contributed by atoms with van der Waals surface area (Å²) in [5, 5.41) is 0. The summed E-state index contributed by atoms with van der Waals surface area (Å²) in [7, 11) is 1.53. The molecule has 9 heteroatoms. The van der Waals surface area contributed by atoms with Gasteiger partial charge in [0.2, 0.25) is 11.7 Å². The van der Waals surface area contributed by atoms with Gasteiger partial charge in [0, 0.05) is 31.3 Å². The Morgan fingerprint density at radius 2 is 1.86 bits per heavy atom. The van der Waals surface area contributed by atoms with Gasteiger partial charge in [-0.15, -0.1) is 0 Å². The van der Waals surface area contributed by atoms with Gasteiger partial charge in [-0.2, -0.15) is 0 Å². The lowest BCUT2D eigenvalue weighted by Gasteiger charge is -2.15. The van der Waals surface area contributed by atoms with E-state index < -0.39 is 17.9 Å². The number of carbonyl (C=O) groups is 5. The molecule has 1 aliphatic rings. The van der Waals surface area contributed by atoms with Crippen LogP contribution in [0.3, 0.4) is 0 Å². The lowest BCUT2D eigenvalue weighted by molar-refractivity contribution is -0.146. The molecule has 1 saturated heterocycles. The smallest absolute Gasteiger partial charge is 0.326 e. The molecule has 1 N–H and O–H groups in total. The van der Waals surface area contributed by atoms with Crippen molar-refractivity contribution in [3.05, 3.63) is 22.5 Å². The molecule has 0 radical (unpaired) electrons. The molecule has 1 atom stereocenters. The summed E-state index contributed by atoms with van der Waals surface area (Å²) in [6.07, 6.45) is -0.801. The molecule has 1 aromatic rings. The Kier molecular flexibility index (Phi) is 6.37. The molecule has 0 bridgehead atoms. The number of amides is 3. The predicted octanol–water partition coefficient (Wildman–Crippen LogP) is 1.62. The van der Waals surface area contributed by atoms with Gasteiger partial charge in [0.15, 0.2) is 11.9 Å². The van der Waals surface area contributed by atoms with Crippen LogP contribution in [0.15, 0.2) is 0 Å². The van der Waals surface area contributed by atoms with Gasteiger partial charge >= 0.3 is 12.0 Å². The highest BCUT2D eigenvalue weighted by Crippen LogP contribution is 2.20. The Morgan fingerprint density at radius 3 is 2.36 bits per heavy atom. The molecule has 1 aliphatic heterocycles. The highest BCUT2D eigenvalue weighted by atomic mass is 16.5. The van der Waals surface area contributed by atoms with Crippen LogP contribution in [0.1, 0.15) is 58.8 Å². The number of likely N-dealkylation sites (N-methyl/N-ethyl adjacent to an activating group) is 1. The largest absolute Gasteiger partial charge is 0.454 e. The van der Waals surface area contributed by atoms with Gasteiger partial charge in [0.05, 0.1) is 5.69 Å². The van der Waals surface area contributed by atoms with Crippen LogP contribution in [0.5, 0.6) is 0 Å². The first kappa shape index (κ1) is 21.3. The third-order valence-corrected chi connectivity index (χ3v) is 4.71. The molecule has 2 rings (SSSR count). The van der Waals surface area contributed by atoms with E-state index in [9.17, 15) is 24.0 Å². The normalized spacial score (nSPS) is 15.2. The van der Waals surface area contributed by atoms with Crippen LogP contribution >= 0.6 is 0 Å². The number of Topliss-reactive ketones (excluding diaryl/α,β-unsaturated/α-hetero) is 2. The van der Waals surface area contributed by atoms with E-state index in [1.54, 1.807) is 13.8 Å². The van der Waals surface area contributed by atoms with Gasteiger partial charge in [0.25, 0.3) is 0 Å². The number of esters is 1. The summed E-state index contributed by atoms with van der Waals surface area (Å²) < 4.78 is 5.18. The number of imide groups is 1. The Hall–Kier alpha value is -2.97. The second-order valence-corrected chi connectivity index (χ2v) is 6.97. The topological polar surface area (TPSA) is 117 Å². The van der Waals surface area contributed by atoms with Gasteiger partial charge in [-0.3, -0.25) is 24.1 Å². The zero-order valence-electron chi connectivity index (χ0n) is 16.7. The van der Waals surface area contributed by atoms with E-state index in [1.807, 2.05) is 0 Å². The molecule has 1 aromatic heterocycles. The molecule has 0 saturated carbocycles. The lowest BCUT2D eigenvalue weighted by Crippen LogP contribution is -2.33. The number of aryl methyl sites for hydroxylation is 1. The lowest BCUT2D eigenvalue weighted by atomic mass is 10.0. The summed E-state index contributed by atoms with van der Waals surface area (Å²) in [4.78, 5) is 65.0. The maximum Gasteiger partial charge on any atom is 0.326 e. The second kappa shape index (κ2) is 8.37. The fourth-order valence-electron chi connectivity index (χ4n) is 3.31. The van der Waals surface area contributed by atoms with E-state index in [1.165, 1.54) is 25.8 Å². The van der Waals surface area contributed by atoms with Gasteiger partial charge in [-0.05, 0) is 39.7 Å². The molecule has 0 aromatic carbocycles. The number of H-pyrrole nitrogens is 1. The molecule has 0 aliphatic carbocycles. The zero-order chi connectivity index (χ0) is 21.2. The number of nitrogens with one attached hydrogen (secondary N) is 1. The van der Waals surface area contributed by atoms with Crippen molar-refractivity contribution in [3.8, 4) is 0 Å². The summed E-state index contributed by atoms with van der Waals surface area (Å²) >= 11 is 0. The third kappa shape index (κ3) is 4.29. The number of aromatic amines is 1. The van der Waals surface area contributed by atoms with Gasteiger partial charge < -0.3 is 14.6 Å². The highest BCUT2D eigenvalue weighted by Gasteiger charge is 2.33. The SMILES string of the molecule is CC(=O)c1c(C)[nH]c(C(=O)[C@H](C)OC(=O)CCCN2C(=O)CN(C)C2=O)c1C. The average Bonchev–Trinajstić information content (AvgIpc) is 3.03. The van der Waals surface area contributed by atoms with E-state index in [0.29, 0.717) is 16.8 Å². The Labute approximate surface area is 163 Å². The molecule has 28 heavy (non-hydrogen) atoms. The van der Waals surface area contributed by atoms with Crippen molar-refractivity contribution in [2.75, 3.05) is 20.1 Å². The molecular formula is C19H25N3O6. The van der Waals surface area contributed by atoms with E-state index in [4.69, 9.17) is 4.74 Å². The quantitative estimate of drug-likeness (QED) is 0.409. The summed E-state index contributed by atoms with van der Waals surface area (Å²) in [5.41, 5.74) is 1.84. The second-order valence-electron chi connectivity index (χ2n) is 6.97. The van der Waals surface area contributed by atoms with Crippen molar-refractivity contribution in [2.45, 2.75) is 46.6 Å². The monoisotopic (exact) mass is 391 g/mol. The first-order chi connectivity index (χ1) is 13.0. The van der Waals surface area contributed by atoms with E-state index in [2.05, 4.69) is 4.98 Å². The first-order valence-electron chi connectivity index (χ1n) is 9.03. The molecule has 152 valence electrons. The molecular weight excluding hydrogens is 366 g/mol. The number of urea groups is 1. The van der Waals surface area contributed by atoms with Crippen molar-refractivity contribution in [2.24, 2.45) is 0 Å². The van der Waals surface area contributed by atoms with Crippen LogP contribution in [-0.2, 0) is 14.3 Å². The molecule has 9 nitrogen and oxygen atoms in total. The van der Waals surface area contributed by atoms with E-state index in [0.717, 1.165) is 4.90 Å². The number of hydrogen-bond donors (Lipinski definition) is 1. The standard InChI is InChI=1S/C19H25N3O6/c1-10-16(12(3)23)11(2)20-17(10)18(26)13(4)28-15(25)7-6-8-22-14(24)9-21(5)19(22)27/h13,20H,6-9H2,1-5H3/t13-/m0/s1.